The summed E-state index contributed by atoms with van der Waals surface area (Å²) in [7, 11) is 0. The maximum Gasteiger partial charge on any atom is 0.254 e. The molecule has 4 aromatic rings. The monoisotopic (exact) mass is 601 g/mol. The average Bonchev–Trinajstić information content (AvgIpc) is 3.35. The van der Waals surface area contributed by atoms with E-state index in [-0.39, 0.29) is 31.7 Å². The minimum Gasteiger partial charge on any atom is -0.454 e. The Morgan fingerprint density at radius 2 is 1.70 bits per heavy atom. The van der Waals surface area contributed by atoms with Crippen LogP contribution in [0.3, 0.4) is 0 Å². The molecular formula is C32H29ClFN5O4. The van der Waals surface area contributed by atoms with Crippen LogP contribution in [-0.4, -0.2) is 71.3 Å². The number of hydrogen-bond donors (Lipinski definition) is 0. The van der Waals surface area contributed by atoms with Crippen LogP contribution in [0.1, 0.15) is 22.3 Å². The van der Waals surface area contributed by atoms with Gasteiger partial charge >= 0.3 is 0 Å². The molecule has 220 valence electrons. The average molecular weight is 602 g/mol. The topological polar surface area (TPSA) is 88.1 Å². The standard InChI is InChI=1S/C32H29ClFN5O4/c33-26-5-2-1-4-25(26)27-11-13-30(36-35-27)37-14-3-15-38(17-16-37)31(40)20-39(32(41)23-7-9-24(34)10-8-23)19-22-6-12-28-29(18-22)43-21-42-28/h1-2,4-13,18H,3,14-17,19-21H2. The molecule has 0 bridgehead atoms. The highest BCUT2D eigenvalue weighted by Gasteiger charge is 2.26. The first-order valence-electron chi connectivity index (χ1n) is 14.0. The van der Waals surface area contributed by atoms with Crippen LogP contribution in [0.15, 0.2) is 78.9 Å². The number of benzene rings is 3. The molecule has 0 atom stereocenters. The lowest BCUT2D eigenvalue weighted by atomic mass is 10.1. The van der Waals surface area contributed by atoms with Gasteiger partial charge in [0.05, 0.1) is 10.7 Å². The van der Waals surface area contributed by atoms with Crippen molar-refractivity contribution in [2.45, 2.75) is 13.0 Å². The zero-order valence-corrected chi connectivity index (χ0v) is 24.0. The number of halogens is 2. The zero-order chi connectivity index (χ0) is 29.8. The van der Waals surface area contributed by atoms with Gasteiger partial charge in [-0.3, -0.25) is 9.59 Å². The number of nitrogens with zero attached hydrogens (tertiary/aromatic N) is 5. The summed E-state index contributed by atoms with van der Waals surface area (Å²) in [5, 5.41) is 9.42. The molecule has 11 heteroatoms. The number of fused-ring (bicyclic) bond motifs is 1. The Morgan fingerprint density at radius 3 is 2.49 bits per heavy atom. The van der Waals surface area contributed by atoms with Gasteiger partial charge in [-0.15, -0.1) is 10.2 Å². The first kappa shape index (κ1) is 28.4. The largest absolute Gasteiger partial charge is 0.454 e. The first-order valence-corrected chi connectivity index (χ1v) is 14.4. The van der Waals surface area contributed by atoms with Crippen molar-refractivity contribution in [3.05, 3.63) is 101 Å². The normalized spacial score (nSPS) is 14.4. The lowest BCUT2D eigenvalue weighted by molar-refractivity contribution is -0.131. The molecular weight excluding hydrogens is 573 g/mol. The highest BCUT2D eigenvalue weighted by molar-refractivity contribution is 6.33. The number of carbonyl (C=O) groups excluding carboxylic acids is 2. The first-order chi connectivity index (χ1) is 20.9. The van der Waals surface area contributed by atoms with Crippen molar-refractivity contribution in [1.29, 1.82) is 0 Å². The zero-order valence-electron chi connectivity index (χ0n) is 23.3. The summed E-state index contributed by atoms with van der Waals surface area (Å²) in [6.07, 6.45) is 0.730. The molecule has 2 aliphatic heterocycles. The van der Waals surface area contributed by atoms with E-state index in [2.05, 4.69) is 15.1 Å². The van der Waals surface area contributed by atoms with Crippen molar-refractivity contribution in [2.75, 3.05) is 44.4 Å². The Balaban J connectivity index is 1.14. The van der Waals surface area contributed by atoms with E-state index in [9.17, 15) is 14.0 Å². The molecule has 6 rings (SSSR count). The summed E-state index contributed by atoms with van der Waals surface area (Å²) >= 11 is 6.31. The predicted octanol–water partition coefficient (Wildman–Crippen LogP) is 5.05. The number of amides is 2. The molecule has 1 fully saturated rings. The van der Waals surface area contributed by atoms with Crippen molar-refractivity contribution >= 4 is 29.2 Å². The van der Waals surface area contributed by atoms with E-state index in [0.29, 0.717) is 54.0 Å². The van der Waals surface area contributed by atoms with Gasteiger partial charge in [-0.1, -0.05) is 35.9 Å². The maximum atomic E-state index is 13.6. The van der Waals surface area contributed by atoms with Crippen LogP contribution in [0.25, 0.3) is 11.3 Å². The highest BCUT2D eigenvalue weighted by Crippen LogP contribution is 2.33. The summed E-state index contributed by atoms with van der Waals surface area (Å²) in [5.41, 5.74) is 2.59. The van der Waals surface area contributed by atoms with Crippen molar-refractivity contribution in [3.8, 4) is 22.8 Å². The summed E-state index contributed by atoms with van der Waals surface area (Å²) in [6.45, 7) is 2.47. The van der Waals surface area contributed by atoms with Crippen LogP contribution in [-0.2, 0) is 11.3 Å². The Morgan fingerprint density at radius 1 is 0.884 bits per heavy atom. The van der Waals surface area contributed by atoms with Gasteiger partial charge in [0.2, 0.25) is 12.7 Å². The highest BCUT2D eigenvalue weighted by atomic mass is 35.5. The van der Waals surface area contributed by atoms with Crippen LogP contribution in [0.5, 0.6) is 11.5 Å². The third-order valence-corrected chi connectivity index (χ3v) is 7.82. The molecule has 0 N–H and O–H groups in total. The summed E-state index contributed by atoms with van der Waals surface area (Å²) in [4.78, 5) is 32.4. The van der Waals surface area contributed by atoms with Crippen LogP contribution in [0, 0.1) is 5.82 Å². The van der Waals surface area contributed by atoms with Gasteiger partial charge in [0.15, 0.2) is 17.3 Å². The van der Waals surface area contributed by atoms with Gasteiger partial charge in [-0.2, -0.15) is 0 Å². The molecule has 0 aliphatic carbocycles. The SMILES string of the molecule is O=C(CN(Cc1ccc2c(c1)OCO2)C(=O)c1ccc(F)cc1)N1CCCN(c2ccc(-c3ccccc3Cl)nn2)CC1. The minimum atomic E-state index is -0.438. The molecule has 0 saturated carbocycles. The second-order valence-corrected chi connectivity index (χ2v) is 10.7. The van der Waals surface area contributed by atoms with Gasteiger partial charge in [0, 0.05) is 43.9 Å². The molecule has 1 aromatic heterocycles. The van der Waals surface area contributed by atoms with Crippen molar-refractivity contribution in [2.24, 2.45) is 0 Å². The molecule has 1 saturated heterocycles. The number of hydrogen-bond acceptors (Lipinski definition) is 7. The third-order valence-electron chi connectivity index (χ3n) is 7.49. The second-order valence-electron chi connectivity index (χ2n) is 10.3. The van der Waals surface area contributed by atoms with E-state index < -0.39 is 5.82 Å². The van der Waals surface area contributed by atoms with Crippen LogP contribution in [0.4, 0.5) is 10.2 Å². The Hall–Kier alpha value is -4.70. The summed E-state index contributed by atoms with van der Waals surface area (Å²) in [5.74, 6) is 0.977. The van der Waals surface area contributed by atoms with Crippen molar-refractivity contribution in [1.82, 2.24) is 20.0 Å². The Kier molecular flexibility index (Phi) is 8.37. The maximum absolute atomic E-state index is 13.6. The van der Waals surface area contributed by atoms with Gasteiger partial charge in [0.25, 0.3) is 5.91 Å². The number of anilines is 1. The van der Waals surface area contributed by atoms with E-state index in [4.69, 9.17) is 21.1 Å². The molecule has 9 nitrogen and oxygen atoms in total. The van der Waals surface area contributed by atoms with Gasteiger partial charge < -0.3 is 24.2 Å². The smallest absolute Gasteiger partial charge is 0.254 e. The van der Waals surface area contributed by atoms with E-state index in [0.717, 1.165) is 23.4 Å². The van der Waals surface area contributed by atoms with Gasteiger partial charge in [-0.25, -0.2) is 4.39 Å². The Labute approximate surface area is 253 Å². The van der Waals surface area contributed by atoms with Gasteiger partial charge in [0.1, 0.15) is 12.4 Å². The van der Waals surface area contributed by atoms with E-state index in [1.807, 2.05) is 42.5 Å². The fraction of sp³-hybridized carbons (Fsp3) is 0.250. The van der Waals surface area contributed by atoms with E-state index in [1.165, 1.54) is 29.2 Å². The van der Waals surface area contributed by atoms with E-state index >= 15 is 0 Å². The number of carbonyl (C=O) groups is 2. The summed E-state index contributed by atoms with van der Waals surface area (Å²) < 4.78 is 24.4. The number of aromatic nitrogens is 2. The molecule has 43 heavy (non-hydrogen) atoms. The van der Waals surface area contributed by atoms with Crippen molar-refractivity contribution < 1.29 is 23.5 Å². The number of ether oxygens (including phenoxy) is 2. The lowest BCUT2D eigenvalue weighted by Crippen LogP contribution is -2.44. The molecule has 2 aliphatic rings. The molecule has 3 aromatic carbocycles. The third kappa shape index (κ3) is 6.54. The van der Waals surface area contributed by atoms with Crippen LogP contribution < -0.4 is 14.4 Å². The van der Waals surface area contributed by atoms with Gasteiger partial charge in [-0.05, 0) is 66.6 Å². The Bertz CT molecular complexity index is 1620. The fourth-order valence-electron chi connectivity index (χ4n) is 5.20. The lowest BCUT2D eigenvalue weighted by Gasteiger charge is -2.27. The fourth-order valence-corrected chi connectivity index (χ4v) is 5.43. The molecule has 0 unspecified atom stereocenters. The second kappa shape index (κ2) is 12.7. The van der Waals surface area contributed by atoms with Crippen LogP contribution >= 0.6 is 11.6 Å². The quantitative estimate of drug-likeness (QED) is 0.293. The molecule has 0 spiro atoms. The van der Waals surface area contributed by atoms with Crippen molar-refractivity contribution in [3.63, 3.8) is 0 Å². The number of rotatable bonds is 7. The summed E-state index contributed by atoms with van der Waals surface area (Å²) in [6, 6.07) is 22.1. The van der Waals surface area contributed by atoms with Crippen LogP contribution in [0.2, 0.25) is 5.02 Å². The predicted molar refractivity (Wildman–Crippen MR) is 160 cm³/mol. The minimum absolute atomic E-state index is 0.128. The molecule has 3 heterocycles. The molecule has 2 amide bonds. The molecule has 0 radical (unpaired) electrons. The van der Waals surface area contributed by atoms with E-state index in [1.54, 1.807) is 17.0 Å².